The second-order valence-electron chi connectivity index (χ2n) is 6.11. The zero-order valence-corrected chi connectivity index (χ0v) is 15.3. The first-order valence-corrected chi connectivity index (χ1v) is 8.90. The van der Waals surface area contributed by atoms with E-state index >= 15 is 0 Å². The number of carbonyl (C=O) groups excluding carboxylic acids is 1. The van der Waals surface area contributed by atoms with Gasteiger partial charge in [-0.25, -0.2) is 0 Å². The Kier molecular flexibility index (Phi) is 5.48. The van der Waals surface area contributed by atoms with Gasteiger partial charge in [0.1, 0.15) is 0 Å². The first-order valence-electron chi connectivity index (χ1n) is 8.11. The molecule has 1 saturated heterocycles. The van der Waals surface area contributed by atoms with Crippen molar-refractivity contribution in [3.05, 3.63) is 76.3 Å². The van der Waals surface area contributed by atoms with E-state index in [2.05, 4.69) is 40.0 Å². The van der Waals surface area contributed by atoms with Gasteiger partial charge in [0.15, 0.2) is 0 Å². The maximum absolute atomic E-state index is 12.7. The van der Waals surface area contributed by atoms with E-state index in [4.69, 9.17) is 0 Å². The van der Waals surface area contributed by atoms with Gasteiger partial charge in [-0.2, -0.15) is 0 Å². The smallest absolute Gasteiger partial charge is 0.247 e. The van der Waals surface area contributed by atoms with Crippen molar-refractivity contribution < 1.29 is 4.79 Å². The van der Waals surface area contributed by atoms with Crippen molar-refractivity contribution in [2.24, 2.45) is 0 Å². The van der Waals surface area contributed by atoms with Gasteiger partial charge in [-0.05, 0) is 36.4 Å². The number of amides is 1. The molecule has 124 valence electrons. The molecule has 1 aliphatic rings. The molecule has 1 heterocycles. The Morgan fingerprint density at radius 3 is 2.50 bits per heavy atom. The summed E-state index contributed by atoms with van der Waals surface area (Å²) in [6.45, 7) is 2.52. The highest BCUT2D eigenvalue weighted by Gasteiger charge is 2.28. The Morgan fingerprint density at radius 2 is 1.79 bits per heavy atom. The summed E-state index contributed by atoms with van der Waals surface area (Å²) in [5, 5.41) is 0. The SMILES string of the molecule is CN1CCN(C(=O)/C=C/c2ccc(Br)cc2)C(c2ccccc2)C1. The lowest BCUT2D eigenvalue weighted by Crippen LogP contribution is -2.48. The lowest BCUT2D eigenvalue weighted by Gasteiger charge is -2.39. The molecule has 3 rings (SSSR count). The van der Waals surface area contributed by atoms with Crippen molar-refractivity contribution in [2.75, 3.05) is 26.7 Å². The standard InChI is InChI=1S/C20H21BrN2O/c1-22-13-14-23(19(15-22)17-5-3-2-4-6-17)20(24)12-9-16-7-10-18(21)11-8-16/h2-12,19H,13-15H2,1H3/b12-9+. The molecule has 0 N–H and O–H groups in total. The Morgan fingerprint density at radius 1 is 1.08 bits per heavy atom. The number of piperazine rings is 1. The van der Waals surface area contributed by atoms with Gasteiger partial charge in [-0.3, -0.25) is 4.79 Å². The number of hydrogen-bond donors (Lipinski definition) is 0. The molecule has 0 aromatic heterocycles. The van der Waals surface area contributed by atoms with E-state index in [-0.39, 0.29) is 11.9 Å². The molecule has 0 bridgehead atoms. The van der Waals surface area contributed by atoms with Gasteiger partial charge in [-0.15, -0.1) is 0 Å². The van der Waals surface area contributed by atoms with Crippen LogP contribution in [0, 0.1) is 0 Å². The molecule has 0 saturated carbocycles. The van der Waals surface area contributed by atoms with Gasteiger partial charge in [0.05, 0.1) is 6.04 Å². The van der Waals surface area contributed by atoms with Crippen molar-refractivity contribution in [2.45, 2.75) is 6.04 Å². The Balaban J connectivity index is 1.77. The largest absolute Gasteiger partial charge is 0.330 e. The van der Waals surface area contributed by atoms with Gasteiger partial charge in [0, 0.05) is 30.2 Å². The topological polar surface area (TPSA) is 23.6 Å². The molecule has 0 spiro atoms. The van der Waals surface area contributed by atoms with Gasteiger partial charge < -0.3 is 9.80 Å². The summed E-state index contributed by atoms with van der Waals surface area (Å²) in [7, 11) is 2.11. The predicted molar refractivity (Wildman–Crippen MR) is 102 cm³/mol. The van der Waals surface area contributed by atoms with Crippen LogP contribution in [0.15, 0.2) is 65.1 Å². The summed E-state index contributed by atoms with van der Waals surface area (Å²) in [6, 6.07) is 18.3. The van der Waals surface area contributed by atoms with Gasteiger partial charge >= 0.3 is 0 Å². The zero-order valence-electron chi connectivity index (χ0n) is 13.7. The van der Waals surface area contributed by atoms with Crippen LogP contribution in [0.25, 0.3) is 6.08 Å². The fraction of sp³-hybridized carbons (Fsp3) is 0.250. The van der Waals surface area contributed by atoms with Crippen LogP contribution < -0.4 is 0 Å². The number of likely N-dealkylation sites (N-methyl/N-ethyl adjacent to an activating group) is 1. The third-order valence-corrected chi connectivity index (χ3v) is 4.87. The third kappa shape index (κ3) is 4.13. The first-order chi connectivity index (χ1) is 11.6. The molecule has 1 fully saturated rings. The molecular weight excluding hydrogens is 364 g/mol. The number of hydrogen-bond acceptors (Lipinski definition) is 2. The summed E-state index contributed by atoms with van der Waals surface area (Å²) in [4.78, 5) is 17.0. The van der Waals surface area contributed by atoms with E-state index in [1.54, 1.807) is 6.08 Å². The van der Waals surface area contributed by atoms with Crippen molar-refractivity contribution >= 4 is 27.9 Å². The summed E-state index contributed by atoms with van der Waals surface area (Å²) < 4.78 is 1.04. The molecule has 4 heteroatoms. The van der Waals surface area contributed by atoms with E-state index < -0.39 is 0 Å². The average Bonchev–Trinajstić information content (AvgIpc) is 2.61. The Labute approximate surface area is 151 Å². The molecule has 1 unspecified atom stereocenters. The number of rotatable bonds is 3. The number of benzene rings is 2. The molecule has 2 aromatic carbocycles. The van der Waals surface area contributed by atoms with E-state index in [0.29, 0.717) is 0 Å². The normalized spacial score (nSPS) is 18.9. The van der Waals surface area contributed by atoms with Gasteiger partial charge in [0.2, 0.25) is 5.91 Å². The maximum atomic E-state index is 12.7. The molecular formula is C20H21BrN2O. The summed E-state index contributed by atoms with van der Waals surface area (Å²) >= 11 is 3.42. The molecule has 2 aromatic rings. The van der Waals surface area contributed by atoms with E-state index in [9.17, 15) is 4.79 Å². The molecule has 1 amide bonds. The molecule has 3 nitrogen and oxygen atoms in total. The minimum atomic E-state index is 0.0693. The van der Waals surface area contributed by atoms with Crippen LogP contribution in [-0.2, 0) is 4.79 Å². The highest BCUT2D eigenvalue weighted by atomic mass is 79.9. The minimum absolute atomic E-state index is 0.0693. The lowest BCUT2D eigenvalue weighted by atomic mass is 10.0. The monoisotopic (exact) mass is 384 g/mol. The van der Waals surface area contributed by atoms with Gasteiger partial charge in [-0.1, -0.05) is 58.4 Å². The van der Waals surface area contributed by atoms with Crippen molar-refractivity contribution in [3.8, 4) is 0 Å². The Hall–Kier alpha value is -1.91. The van der Waals surface area contributed by atoms with Crippen LogP contribution in [0.5, 0.6) is 0 Å². The summed E-state index contributed by atoms with van der Waals surface area (Å²) in [5.41, 5.74) is 2.21. The van der Waals surface area contributed by atoms with Crippen LogP contribution in [0.1, 0.15) is 17.2 Å². The fourth-order valence-electron chi connectivity index (χ4n) is 2.98. The third-order valence-electron chi connectivity index (χ3n) is 4.34. The number of nitrogens with zero attached hydrogens (tertiary/aromatic N) is 2. The van der Waals surface area contributed by atoms with Crippen LogP contribution in [0.4, 0.5) is 0 Å². The first kappa shape index (κ1) is 16.9. The minimum Gasteiger partial charge on any atom is -0.330 e. The average molecular weight is 385 g/mol. The van der Waals surface area contributed by atoms with Crippen molar-refractivity contribution in [1.82, 2.24) is 9.80 Å². The molecule has 24 heavy (non-hydrogen) atoms. The summed E-state index contributed by atoms with van der Waals surface area (Å²) in [5.74, 6) is 0.0693. The number of halogens is 1. The Bertz CT molecular complexity index is 712. The molecule has 1 aliphatic heterocycles. The molecule has 0 aliphatic carbocycles. The highest BCUT2D eigenvalue weighted by Crippen LogP contribution is 2.25. The van der Waals surface area contributed by atoms with Crippen LogP contribution in [-0.4, -0.2) is 42.4 Å². The van der Waals surface area contributed by atoms with E-state index in [1.807, 2.05) is 53.4 Å². The number of carbonyl (C=O) groups is 1. The summed E-state index contributed by atoms with van der Waals surface area (Å²) in [6.07, 6.45) is 3.57. The molecule has 0 radical (unpaired) electrons. The zero-order chi connectivity index (χ0) is 16.9. The maximum Gasteiger partial charge on any atom is 0.247 e. The predicted octanol–water partition coefficient (Wildman–Crippen LogP) is 3.98. The second kappa shape index (κ2) is 7.77. The van der Waals surface area contributed by atoms with Crippen LogP contribution in [0.3, 0.4) is 0 Å². The van der Waals surface area contributed by atoms with Crippen molar-refractivity contribution in [3.63, 3.8) is 0 Å². The van der Waals surface area contributed by atoms with Crippen LogP contribution >= 0.6 is 15.9 Å². The van der Waals surface area contributed by atoms with E-state index in [0.717, 1.165) is 29.7 Å². The second-order valence-corrected chi connectivity index (χ2v) is 7.02. The van der Waals surface area contributed by atoms with E-state index in [1.165, 1.54) is 5.56 Å². The lowest BCUT2D eigenvalue weighted by molar-refractivity contribution is -0.130. The van der Waals surface area contributed by atoms with Crippen LogP contribution in [0.2, 0.25) is 0 Å². The quantitative estimate of drug-likeness (QED) is 0.747. The van der Waals surface area contributed by atoms with Crippen molar-refractivity contribution in [1.29, 1.82) is 0 Å². The molecule has 1 atom stereocenters. The highest BCUT2D eigenvalue weighted by molar-refractivity contribution is 9.10. The van der Waals surface area contributed by atoms with Gasteiger partial charge in [0.25, 0.3) is 0 Å². The fourth-order valence-corrected chi connectivity index (χ4v) is 3.25.